The summed E-state index contributed by atoms with van der Waals surface area (Å²) in [5.41, 5.74) is 1.24. The van der Waals surface area contributed by atoms with Gasteiger partial charge in [0.1, 0.15) is 0 Å². The van der Waals surface area contributed by atoms with Gasteiger partial charge < -0.3 is 16.0 Å². The van der Waals surface area contributed by atoms with Crippen LogP contribution in [-0.4, -0.2) is 31.4 Å². The fourth-order valence-electron chi connectivity index (χ4n) is 2.65. The van der Waals surface area contributed by atoms with Gasteiger partial charge in [0.25, 0.3) is 5.91 Å². The van der Waals surface area contributed by atoms with Crippen molar-refractivity contribution in [2.45, 2.75) is 32.6 Å². The van der Waals surface area contributed by atoms with Crippen LogP contribution in [0.25, 0.3) is 0 Å². The first-order chi connectivity index (χ1) is 10.7. The normalized spacial score (nSPS) is 17.0. The number of piperidine rings is 1. The first-order valence-electron chi connectivity index (χ1n) is 8.08. The lowest BCUT2D eigenvalue weighted by molar-refractivity contribution is -0.115. The SMILES string of the molecule is CCC(=O)Nc1cccc(C(=O)NCCC2CCCNC2)c1.Cl. The zero-order valence-electron chi connectivity index (χ0n) is 13.6. The van der Waals surface area contributed by atoms with E-state index in [0.29, 0.717) is 30.1 Å². The number of hydrogen-bond acceptors (Lipinski definition) is 3. The quantitative estimate of drug-likeness (QED) is 0.746. The Morgan fingerprint density at radius 1 is 1.35 bits per heavy atom. The standard InChI is InChI=1S/C17H25N3O2.ClH/c1-2-16(21)20-15-7-3-6-14(11-15)17(22)19-10-8-13-5-4-9-18-12-13;/h3,6-7,11,13,18H,2,4-5,8-10,12H2,1H3,(H,19,22)(H,20,21);1H. The third-order valence-electron chi connectivity index (χ3n) is 3.97. The summed E-state index contributed by atoms with van der Waals surface area (Å²) in [5, 5.41) is 9.11. The highest BCUT2D eigenvalue weighted by Crippen LogP contribution is 2.14. The minimum Gasteiger partial charge on any atom is -0.352 e. The summed E-state index contributed by atoms with van der Waals surface area (Å²) in [4.78, 5) is 23.5. The second kappa shape index (κ2) is 10.2. The van der Waals surface area contributed by atoms with Gasteiger partial charge in [-0.15, -0.1) is 12.4 Å². The zero-order valence-corrected chi connectivity index (χ0v) is 14.4. The van der Waals surface area contributed by atoms with E-state index in [0.717, 1.165) is 19.5 Å². The molecule has 0 bridgehead atoms. The second-order valence-corrected chi connectivity index (χ2v) is 5.74. The molecule has 5 nitrogen and oxygen atoms in total. The van der Waals surface area contributed by atoms with Gasteiger partial charge in [-0.25, -0.2) is 0 Å². The molecule has 1 aromatic rings. The van der Waals surface area contributed by atoms with Crippen molar-refractivity contribution in [3.63, 3.8) is 0 Å². The molecule has 128 valence electrons. The van der Waals surface area contributed by atoms with Crippen molar-refractivity contribution in [3.05, 3.63) is 29.8 Å². The van der Waals surface area contributed by atoms with Gasteiger partial charge in [0, 0.05) is 24.2 Å². The lowest BCUT2D eigenvalue weighted by Crippen LogP contribution is -2.33. The summed E-state index contributed by atoms with van der Waals surface area (Å²) >= 11 is 0. The molecule has 1 saturated heterocycles. The van der Waals surface area contributed by atoms with Crippen molar-refractivity contribution in [2.75, 3.05) is 25.0 Å². The molecule has 0 spiro atoms. The number of hydrogen-bond donors (Lipinski definition) is 3. The van der Waals surface area contributed by atoms with Crippen LogP contribution in [0.4, 0.5) is 5.69 Å². The van der Waals surface area contributed by atoms with Crippen LogP contribution in [0.2, 0.25) is 0 Å². The third-order valence-corrected chi connectivity index (χ3v) is 3.97. The van der Waals surface area contributed by atoms with Gasteiger partial charge in [-0.3, -0.25) is 9.59 Å². The van der Waals surface area contributed by atoms with Gasteiger partial charge in [-0.1, -0.05) is 13.0 Å². The molecule has 0 saturated carbocycles. The topological polar surface area (TPSA) is 70.2 Å². The van der Waals surface area contributed by atoms with Crippen molar-refractivity contribution in [1.82, 2.24) is 10.6 Å². The molecule has 1 atom stereocenters. The molecule has 0 aromatic heterocycles. The molecule has 2 rings (SSSR count). The van der Waals surface area contributed by atoms with Gasteiger partial charge in [-0.2, -0.15) is 0 Å². The lowest BCUT2D eigenvalue weighted by Gasteiger charge is -2.22. The summed E-state index contributed by atoms with van der Waals surface area (Å²) in [6, 6.07) is 7.05. The van der Waals surface area contributed by atoms with Crippen molar-refractivity contribution >= 4 is 29.9 Å². The van der Waals surface area contributed by atoms with E-state index in [1.165, 1.54) is 12.8 Å². The Morgan fingerprint density at radius 2 is 2.17 bits per heavy atom. The van der Waals surface area contributed by atoms with Crippen LogP contribution in [-0.2, 0) is 4.79 Å². The van der Waals surface area contributed by atoms with Crippen molar-refractivity contribution in [3.8, 4) is 0 Å². The smallest absolute Gasteiger partial charge is 0.251 e. The molecule has 1 heterocycles. The molecule has 1 aromatic carbocycles. The molecule has 1 unspecified atom stereocenters. The summed E-state index contributed by atoms with van der Waals surface area (Å²) in [5.74, 6) is 0.517. The fraction of sp³-hybridized carbons (Fsp3) is 0.529. The number of carbonyl (C=O) groups excluding carboxylic acids is 2. The Kier molecular flexibility index (Phi) is 8.66. The predicted octanol–water partition coefficient (Wildman–Crippen LogP) is 2.58. The van der Waals surface area contributed by atoms with E-state index in [-0.39, 0.29) is 24.2 Å². The van der Waals surface area contributed by atoms with E-state index >= 15 is 0 Å². The number of carbonyl (C=O) groups is 2. The lowest BCUT2D eigenvalue weighted by atomic mass is 9.96. The Balaban J connectivity index is 0.00000264. The van der Waals surface area contributed by atoms with Crippen LogP contribution in [0.5, 0.6) is 0 Å². The van der Waals surface area contributed by atoms with Gasteiger partial charge >= 0.3 is 0 Å². The number of halogens is 1. The monoisotopic (exact) mass is 339 g/mol. The van der Waals surface area contributed by atoms with Crippen molar-refractivity contribution in [1.29, 1.82) is 0 Å². The maximum atomic E-state index is 12.2. The van der Waals surface area contributed by atoms with Gasteiger partial charge in [0.15, 0.2) is 0 Å². The van der Waals surface area contributed by atoms with Crippen LogP contribution in [0.3, 0.4) is 0 Å². The molecule has 23 heavy (non-hydrogen) atoms. The van der Waals surface area contributed by atoms with E-state index in [2.05, 4.69) is 16.0 Å². The number of amides is 2. The van der Waals surface area contributed by atoms with Gasteiger partial charge in [-0.05, 0) is 56.5 Å². The maximum Gasteiger partial charge on any atom is 0.251 e. The van der Waals surface area contributed by atoms with Gasteiger partial charge in [0.2, 0.25) is 5.91 Å². The Hall–Kier alpha value is -1.59. The predicted molar refractivity (Wildman–Crippen MR) is 95.2 cm³/mol. The van der Waals surface area contributed by atoms with E-state index in [4.69, 9.17) is 0 Å². The fourth-order valence-corrected chi connectivity index (χ4v) is 2.65. The highest BCUT2D eigenvalue weighted by atomic mass is 35.5. The average Bonchev–Trinajstić information content (AvgIpc) is 2.56. The minimum absolute atomic E-state index is 0. The zero-order chi connectivity index (χ0) is 15.8. The summed E-state index contributed by atoms with van der Waals surface area (Å²) in [6.45, 7) is 4.65. The summed E-state index contributed by atoms with van der Waals surface area (Å²) in [7, 11) is 0. The molecule has 1 aliphatic rings. The number of anilines is 1. The number of benzene rings is 1. The first-order valence-corrected chi connectivity index (χ1v) is 8.08. The molecule has 1 fully saturated rings. The van der Waals surface area contributed by atoms with Crippen molar-refractivity contribution < 1.29 is 9.59 Å². The van der Waals surface area contributed by atoms with E-state index in [1.54, 1.807) is 31.2 Å². The van der Waals surface area contributed by atoms with E-state index in [9.17, 15) is 9.59 Å². The van der Waals surface area contributed by atoms with E-state index < -0.39 is 0 Å². The highest BCUT2D eigenvalue weighted by Gasteiger charge is 2.13. The minimum atomic E-state index is -0.0867. The highest BCUT2D eigenvalue weighted by molar-refractivity contribution is 5.97. The molecular formula is C17H26ClN3O2. The van der Waals surface area contributed by atoms with Crippen LogP contribution in [0, 0.1) is 5.92 Å². The first kappa shape index (κ1) is 19.5. The van der Waals surface area contributed by atoms with Crippen LogP contribution < -0.4 is 16.0 Å². The molecule has 6 heteroatoms. The van der Waals surface area contributed by atoms with Gasteiger partial charge in [0.05, 0.1) is 0 Å². The Labute approximate surface area is 144 Å². The number of rotatable bonds is 6. The summed E-state index contributed by atoms with van der Waals surface area (Å²) < 4.78 is 0. The largest absolute Gasteiger partial charge is 0.352 e. The molecular weight excluding hydrogens is 314 g/mol. The molecule has 3 N–H and O–H groups in total. The Morgan fingerprint density at radius 3 is 2.87 bits per heavy atom. The van der Waals surface area contributed by atoms with Crippen LogP contribution in [0.15, 0.2) is 24.3 Å². The average molecular weight is 340 g/mol. The summed E-state index contributed by atoms with van der Waals surface area (Å²) in [6.07, 6.45) is 3.88. The van der Waals surface area contributed by atoms with E-state index in [1.807, 2.05) is 0 Å². The van der Waals surface area contributed by atoms with Crippen LogP contribution >= 0.6 is 12.4 Å². The van der Waals surface area contributed by atoms with Crippen molar-refractivity contribution in [2.24, 2.45) is 5.92 Å². The maximum absolute atomic E-state index is 12.2. The second-order valence-electron chi connectivity index (χ2n) is 5.74. The molecule has 1 aliphatic heterocycles. The number of nitrogens with one attached hydrogen (secondary N) is 3. The Bertz CT molecular complexity index is 516. The molecule has 0 aliphatic carbocycles. The molecule has 2 amide bonds. The van der Waals surface area contributed by atoms with Crippen LogP contribution in [0.1, 0.15) is 43.0 Å². The third kappa shape index (κ3) is 6.59. The molecule has 0 radical (unpaired) electrons.